The molecular weight excluding hydrogens is 240 g/mol. The fourth-order valence-electron chi connectivity index (χ4n) is 3.32. The summed E-state index contributed by atoms with van der Waals surface area (Å²) in [6.45, 7) is 2.26. The fourth-order valence-corrected chi connectivity index (χ4v) is 3.32. The lowest BCUT2D eigenvalue weighted by atomic mass is 9.99. The van der Waals surface area contributed by atoms with Crippen molar-refractivity contribution in [2.75, 3.05) is 0 Å². The number of hydrogen-bond acceptors (Lipinski definition) is 3. The highest BCUT2D eigenvalue weighted by Gasteiger charge is 2.42. The van der Waals surface area contributed by atoms with Crippen LogP contribution < -0.4 is 0 Å². The van der Waals surface area contributed by atoms with Crippen LogP contribution in [0.3, 0.4) is 0 Å². The lowest BCUT2D eigenvalue weighted by molar-refractivity contribution is -0.190. The zero-order chi connectivity index (χ0) is 13.5. The van der Waals surface area contributed by atoms with Gasteiger partial charge in [-0.25, -0.2) is 0 Å². The van der Waals surface area contributed by atoms with Gasteiger partial charge in [-0.15, -0.1) is 0 Å². The van der Waals surface area contributed by atoms with Gasteiger partial charge >= 0.3 is 0 Å². The largest absolute Gasteiger partial charge is 0.368 e. The average molecular weight is 270 g/mol. The molecule has 2 aliphatic heterocycles. The Morgan fingerprint density at radius 1 is 0.895 bits per heavy atom. The first-order chi connectivity index (χ1) is 9.29. The van der Waals surface area contributed by atoms with Crippen LogP contribution in [0.1, 0.15) is 77.6 Å². The first-order valence-electron chi connectivity index (χ1n) is 8.28. The highest BCUT2D eigenvalue weighted by Crippen LogP contribution is 2.38. The van der Waals surface area contributed by atoms with Gasteiger partial charge in [-0.1, -0.05) is 58.3 Å². The molecular formula is C16H30O3. The predicted molar refractivity (Wildman–Crippen MR) is 75.7 cm³/mol. The molecule has 0 unspecified atom stereocenters. The van der Waals surface area contributed by atoms with Crippen molar-refractivity contribution in [3.8, 4) is 0 Å². The van der Waals surface area contributed by atoms with Crippen molar-refractivity contribution in [3.63, 3.8) is 0 Å². The Bertz CT molecular complexity index is 230. The van der Waals surface area contributed by atoms with E-state index in [0.717, 1.165) is 12.8 Å². The number of aliphatic hydroxyl groups is 1. The van der Waals surface area contributed by atoms with E-state index in [2.05, 4.69) is 6.92 Å². The molecule has 2 aliphatic rings. The third-order valence-corrected chi connectivity index (χ3v) is 4.45. The molecule has 0 aromatic rings. The molecule has 2 fully saturated rings. The SMILES string of the molecule is CCCCCCCCCC[C@@H]1C[C@H]2C[C@@H](O)O[C@H]2O1. The molecule has 1 N–H and O–H groups in total. The molecule has 2 rings (SSSR count). The van der Waals surface area contributed by atoms with Crippen LogP contribution in [0.2, 0.25) is 0 Å². The van der Waals surface area contributed by atoms with Crippen LogP contribution in [-0.2, 0) is 9.47 Å². The summed E-state index contributed by atoms with van der Waals surface area (Å²) in [5, 5.41) is 9.35. The van der Waals surface area contributed by atoms with Gasteiger partial charge in [-0.05, 0) is 12.8 Å². The minimum absolute atomic E-state index is 0.117. The zero-order valence-corrected chi connectivity index (χ0v) is 12.4. The number of hydrogen-bond donors (Lipinski definition) is 1. The minimum atomic E-state index is -0.584. The van der Waals surface area contributed by atoms with E-state index >= 15 is 0 Å². The summed E-state index contributed by atoms with van der Waals surface area (Å²) in [6.07, 6.45) is 13.6. The van der Waals surface area contributed by atoms with Crippen LogP contribution in [0.25, 0.3) is 0 Å². The van der Waals surface area contributed by atoms with Gasteiger partial charge in [0.15, 0.2) is 12.6 Å². The van der Waals surface area contributed by atoms with Gasteiger partial charge in [0.1, 0.15) is 0 Å². The maximum absolute atomic E-state index is 9.35. The zero-order valence-electron chi connectivity index (χ0n) is 12.4. The second-order valence-corrected chi connectivity index (χ2v) is 6.21. The molecule has 0 aromatic heterocycles. The lowest BCUT2D eigenvalue weighted by Gasteiger charge is -2.13. The normalized spacial score (nSPS) is 33.8. The van der Waals surface area contributed by atoms with Gasteiger partial charge < -0.3 is 14.6 Å². The highest BCUT2D eigenvalue weighted by molar-refractivity contribution is 4.82. The standard InChI is InChI=1S/C16H30O3/c1-2-3-4-5-6-7-8-9-10-14-11-13-12-15(17)19-16(13)18-14/h13-17H,2-12H2,1H3/t13-,14+,15-,16+/m0/s1. The molecule has 0 saturated carbocycles. The molecule has 0 amide bonds. The van der Waals surface area contributed by atoms with Gasteiger partial charge in [0.05, 0.1) is 6.10 Å². The summed E-state index contributed by atoms with van der Waals surface area (Å²) < 4.78 is 11.2. The Balaban J connectivity index is 1.43. The smallest absolute Gasteiger partial charge is 0.164 e. The molecule has 112 valence electrons. The van der Waals surface area contributed by atoms with Crippen LogP contribution in [0.15, 0.2) is 0 Å². The molecule has 0 aliphatic carbocycles. The van der Waals surface area contributed by atoms with Gasteiger partial charge in [0.25, 0.3) is 0 Å². The van der Waals surface area contributed by atoms with Crippen molar-refractivity contribution in [1.29, 1.82) is 0 Å². The van der Waals surface area contributed by atoms with Crippen molar-refractivity contribution < 1.29 is 14.6 Å². The Labute approximate surface area is 117 Å². The molecule has 0 spiro atoms. The molecule has 19 heavy (non-hydrogen) atoms. The third-order valence-electron chi connectivity index (χ3n) is 4.45. The van der Waals surface area contributed by atoms with E-state index in [9.17, 15) is 5.11 Å². The van der Waals surface area contributed by atoms with Crippen molar-refractivity contribution in [3.05, 3.63) is 0 Å². The maximum Gasteiger partial charge on any atom is 0.164 e. The Morgan fingerprint density at radius 3 is 2.26 bits per heavy atom. The molecule has 3 heteroatoms. The number of rotatable bonds is 9. The van der Waals surface area contributed by atoms with Gasteiger partial charge in [0.2, 0.25) is 0 Å². The van der Waals surface area contributed by atoms with E-state index in [-0.39, 0.29) is 6.29 Å². The quantitative estimate of drug-likeness (QED) is 0.644. The topological polar surface area (TPSA) is 38.7 Å². The van der Waals surface area contributed by atoms with E-state index in [0.29, 0.717) is 12.0 Å². The van der Waals surface area contributed by atoms with Gasteiger partial charge in [-0.2, -0.15) is 0 Å². The van der Waals surface area contributed by atoms with Gasteiger partial charge in [0, 0.05) is 12.3 Å². The third kappa shape index (κ3) is 5.05. The molecule has 2 saturated heterocycles. The van der Waals surface area contributed by atoms with Crippen LogP contribution in [-0.4, -0.2) is 23.8 Å². The molecule has 0 bridgehead atoms. The summed E-state index contributed by atoms with van der Waals surface area (Å²) in [5.41, 5.74) is 0. The van der Waals surface area contributed by atoms with E-state index in [1.807, 2.05) is 0 Å². The average Bonchev–Trinajstić information content (AvgIpc) is 2.89. The molecule has 4 atom stereocenters. The first-order valence-corrected chi connectivity index (χ1v) is 8.28. The molecule has 3 nitrogen and oxygen atoms in total. The predicted octanol–water partition coefficient (Wildman–Crippen LogP) is 3.99. The second kappa shape index (κ2) is 8.23. The van der Waals surface area contributed by atoms with Crippen molar-refractivity contribution in [1.82, 2.24) is 0 Å². The monoisotopic (exact) mass is 270 g/mol. The van der Waals surface area contributed by atoms with Crippen molar-refractivity contribution in [2.24, 2.45) is 5.92 Å². The summed E-state index contributed by atoms with van der Waals surface area (Å²) >= 11 is 0. The van der Waals surface area contributed by atoms with Crippen molar-refractivity contribution >= 4 is 0 Å². The summed E-state index contributed by atoms with van der Waals surface area (Å²) in [5.74, 6) is 0.439. The molecule has 0 aromatic carbocycles. The van der Waals surface area contributed by atoms with Crippen LogP contribution in [0.5, 0.6) is 0 Å². The van der Waals surface area contributed by atoms with E-state index in [1.165, 1.54) is 57.8 Å². The maximum atomic E-state index is 9.35. The Morgan fingerprint density at radius 2 is 1.58 bits per heavy atom. The number of ether oxygens (including phenoxy) is 2. The minimum Gasteiger partial charge on any atom is -0.368 e. The van der Waals surface area contributed by atoms with E-state index in [4.69, 9.17) is 9.47 Å². The summed E-state index contributed by atoms with van der Waals surface area (Å²) in [6, 6.07) is 0. The highest BCUT2D eigenvalue weighted by atomic mass is 16.7. The second-order valence-electron chi connectivity index (χ2n) is 6.21. The van der Waals surface area contributed by atoms with Crippen LogP contribution >= 0.6 is 0 Å². The Hall–Kier alpha value is -0.120. The number of fused-ring (bicyclic) bond motifs is 1. The lowest BCUT2D eigenvalue weighted by Crippen LogP contribution is -2.16. The van der Waals surface area contributed by atoms with E-state index < -0.39 is 6.29 Å². The number of unbranched alkanes of at least 4 members (excludes halogenated alkanes) is 7. The molecule has 0 radical (unpaired) electrons. The summed E-state index contributed by atoms with van der Waals surface area (Å²) in [7, 11) is 0. The fraction of sp³-hybridized carbons (Fsp3) is 1.00. The van der Waals surface area contributed by atoms with E-state index in [1.54, 1.807) is 0 Å². The Kier molecular flexibility index (Phi) is 6.62. The number of aliphatic hydroxyl groups excluding tert-OH is 1. The van der Waals surface area contributed by atoms with Gasteiger partial charge in [-0.3, -0.25) is 0 Å². The van der Waals surface area contributed by atoms with Crippen LogP contribution in [0.4, 0.5) is 0 Å². The van der Waals surface area contributed by atoms with Crippen LogP contribution in [0, 0.1) is 5.92 Å². The molecule has 2 heterocycles. The van der Waals surface area contributed by atoms with Crippen molar-refractivity contribution in [2.45, 2.75) is 96.2 Å². The summed E-state index contributed by atoms with van der Waals surface area (Å²) in [4.78, 5) is 0. The first kappa shape index (κ1) is 15.3.